The molecule has 1 N–H and O–H groups in total. The summed E-state index contributed by atoms with van der Waals surface area (Å²) in [5.41, 5.74) is -0.0472. The number of hydrogen-bond acceptors (Lipinski definition) is 5. The number of likely N-dealkylation sites (tertiary alicyclic amines) is 1. The number of nitrogens with zero attached hydrogens (tertiary/aromatic N) is 1. The lowest BCUT2D eigenvalue weighted by Crippen LogP contribution is -2.45. The Balaban J connectivity index is 1.92. The van der Waals surface area contributed by atoms with Crippen LogP contribution >= 0.6 is 0 Å². The lowest BCUT2D eigenvalue weighted by atomic mass is 9.74. The van der Waals surface area contributed by atoms with Crippen molar-refractivity contribution >= 4 is 21.7 Å². The van der Waals surface area contributed by atoms with Gasteiger partial charge >= 0.3 is 5.97 Å². The minimum Gasteiger partial charge on any atom is -0.481 e. The zero-order valence-corrected chi connectivity index (χ0v) is 15.7. The lowest BCUT2D eigenvalue weighted by molar-refractivity contribution is -0.157. The molecule has 2 atom stereocenters. The Morgan fingerprint density at radius 1 is 1.38 bits per heavy atom. The molecule has 1 amide bonds. The van der Waals surface area contributed by atoms with Crippen LogP contribution in [-0.2, 0) is 25.8 Å². The fourth-order valence-corrected chi connectivity index (χ4v) is 4.99. The summed E-state index contributed by atoms with van der Waals surface area (Å²) in [5, 5.41) is 9.72. The smallest absolute Gasteiger partial charge is 0.311 e. The third kappa shape index (κ3) is 3.12. The predicted octanol–water partition coefficient (Wildman–Crippen LogP) is 1.22. The van der Waals surface area contributed by atoms with Crippen molar-refractivity contribution < 1.29 is 27.9 Å². The summed E-state index contributed by atoms with van der Waals surface area (Å²) < 4.78 is 29.5. The second kappa shape index (κ2) is 6.66. The van der Waals surface area contributed by atoms with Crippen LogP contribution in [0.5, 0.6) is 0 Å². The quantitative estimate of drug-likeness (QED) is 0.841. The highest BCUT2D eigenvalue weighted by Crippen LogP contribution is 2.42. The summed E-state index contributed by atoms with van der Waals surface area (Å²) in [7, 11) is -3.46. The normalized spacial score (nSPS) is 25.8. The largest absolute Gasteiger partial charge is 0.481 e. The van der Waals surface area contributed by atoms with Gasteiger partial charge in [0.2, 0.25) is 0 Å². The Bertz CT molecular complexity index is 849. The van der Waals surface area contributed by atoms with E-state index in [1.54, 1.807) is 12.1 Å². The van der Waals surface area contributed by atoms with Crippen LogP contribution in [0.1, 0.15) is 29.3 Å². The van der Waals surface area contributed by atoms with Crippen LogP contribution in [0.4, 0.5) is 0 Å². The number of aryl methyl sites for hydroxylation is 1. The predicted molar refractivity (Wildman–Crippen MR) is 93.8 cm³/mol. The minimum absolute atomic E-state index is 0.124. The van der Waals surface area contributed by atoms with Crippen LogP contribution in [0.15, 0.2) is 23.1 Å². The number of fused-ring (bicyclic) bond motifs is 1. The number of rotatable bonds is 4. The van der Waals surface area contributed by atoms with Gasteiger partial charge in [-0.15, -0.1) is 0 Å². The van der Waals surface area contributed by atoms with Crippen molar-refractivity contribution in [2.75, 3.05) is 32.6 Å². The van der Waals surface area contributed by atoms with Gasteiger partial charge in [-0.25, -0.2) is 8.42 Å². The SMILES string of the molecule is CCc1ccc(C(=O)N2C[C@H]3COCC[C@@]3(C(=O)O)C2)cc1S(C)(=O)=O. The maximum Gasteiger partial charge on any atom is 0.311 e. The number of carbonyl (C=O) groups is 2. The Morgan fingerprint density at radius 2 is 2.12 bits per heavy atom. The van der Waals surface area contributed by atoms with Crippen molar-refractivity contribution in [1.82, 2.24) is 4.90 Å². The summed E-state index contributed by atoms with van der Waals surface area (Å²) in [5.74, 6) is -1.49. The number of carboxylic acid groups (broad SMARTS) is 1. The molecule has 0 aliphatic carbocycles. The zero-order chi connectivity index (χ0) is 19.1. The molecule has 26 heavy (non-hydrogen) atoms. The topological polar surface area (TPSA) is 101 Å². The van der Waals surface area contributed by atoms with Gasteiger partial charge in [0.1, 0.15) is 0 Å². The summed E-state index contributed by atoms with van der Waals surface area (Å²) in [6, 6.07) is 4.67. The Labute approximate surface area is 152 Å². The van der Waals surface area contributed by atoms with E-state index in [1.807, 2.05) is 6.92 Å². The molecule has 2 fully saturated rings. The molecule has 1 aromatic carbocycles. The Hall–Kier alpha value is -1.93. The molecule has 0 unspecified atom stereocenters. The van der Waals surface area contributed by atoms with E-state index in [0.717, 1.165) is 6.26 Å². The van der Waals surface area contributed by atoms with Crippen LogP contribution in [0.25, 0.3) is 0 Å². The molecule has 3 rings (SSSR count). The fourth-order valence-electron chi connectivity index (χ4n) is 3.96. The first-order valence-electron chi connectivity index (χ1n) is 8.62. The van der Waals surface area contributed by atoms with Gasteiger partial charge in [-0.2, -0.15) is 0 Å². The first kappa shape index (κ1) is 18.8. The minimum atomic E-state index is -3.46. The number of carboxylic acids is 1. The van der Waals surface area contributed by atoms with Crippen molar-refractivity contribution in [1.29, 1.82) is 0 Å². The summed E-state index contributed by atoms with van der Waals surface area (Å²) >= 11 is 0. The van der Waals surface area contributed by atoms with E-state index in [1.165, 1.54) is 11.0 Å². The lowest BCUT2D eigenvalue weighted by Gasteiger charge is -2.33. The maximum atomic E-state index is 12.9. The van der Waals surface area contributed by atoms with E-state index in [2.05, 4.69) is 0 Å². The van der Waals surface area contributed by atoms with Gasteiger partial charge in [-0.1, -0.05) is 13.0 Å². The molecule has 0 radical (unpaired) electrons. The van der Waals surface area contributed by atoms with Crippen molar-refractivity contribution in [2.24, 2.45) is 11.3 Å². The third-order valence-electron chi connectivity index (χ3n) is 5.51. The molecular weight excluding hydrogens is 358 g/mol. The molecule has 0 aromatic heterocycles. The van der Waals surface area contributed by atoms with E-state index >= 15 is 0 Å². The van der Waals surface area contributed by atoms with E-state index in [4.69, 9.17) is 4.74 Å². The van der Waals surface area contributed by atoms with Gasteiger partial charge in [0.15, 0.2) is 9.84 Å². The van der Waals surface area contributed by atoms with E-state index in [-0.39, 0.29) is 28.8 Å². The number of ether oxygens (including phenoxy) is 1. The average Bonchev–Trinajstić information content (AvgIpc) is 3.01. The number of hydrogen-bond donors (Lipinski definition) is 1. The molecule has 2 heterocycles. The number of benzene rings is 1. The third-order valence-corrected chi connectivity index (χ3v) is 6.69. The molecule has 0 saturated carbocycles. The van der Waals surface area contributed by atoms with Gasteiger partial charge < -0.3 is 14.7 Å². The second-order valence-corrected chi connectivity index (χ2v) is 9.10. The van der Waals surface area contributed by atoms with Crippen LogP contribution in [0.3, 0.4) is 0 Å². The molecule has 2 saturated heterocycles. The van der Waals surface area contributed by atoms with Crippen molar-refractivity contribution in [2.45, 2.75) is 24.7 Å². The molecule has 2 aliphatic heterocycles. The fraction of sp³-hybridized carbons (Fsp3) is 0.556. The number of sulfone groups is 1. The van der Waals surface area contributed by atoms with Gasteiger partial charge in [0.05, 0.1) is 16.9 Å². The summed E-state index contributed by atoms with van der Waals surface area (Å²) in [6.45, 7) is 2.97. The monoisotopic (exact) mass is 381 g/mol. The van der Waals surface area contributed by atoms with Gasteiger partial charge in [-0.3, -0.25) is 9.59 Å². The number of carbonyl (C=O) groups excluding carboxylic acids is 1. The molecular formula is C18H23NO6S. The van der Waals surface area contributed by atoms with Crippen molar-refractivity contribution in [3.05, 3.63) is 29.3 Å². The highest BCUT2D eigenvalue weighted by molar-refractivity contribution is 7.90. The van der Waals surface area contributed by atoms with E-state index in [0.29, 0.717) is 38.2 Å². The van der Waals surface area contributed by atoms with Crippen LogP contribution in [0.2, 0.25) is 0 Å². The molecule has 0 bridgehead atoms. The van der Waals surface area contributed by atoms with Crippen LogP contribution in [-0.4, -0.2) is 62.9 Å². The number of amides is 1. The highest BCUT2D eigenvalue weighted by Gasteiger charge is 2.54. The summed E-state index contributed by atoms with van der Waals surface area (Å²) in [6.07, 6.45) is 2.04. The standard InChI is InChI=1S/C18H23NO6S/c1-3-12-4-5-13(8-15(12)26(2,23)24)16(20)19-9-14-10-25-7-6-18(14,11-19)17(21)22/h4-5,8,14H,3,6-7,9-11H2,1-2H3,(H,21,22)/t14-,18+/m0/s1. The Kier molecular flexibility index (Phi) is 4.83. The van der Waals surface area contributed by atoms with Crippen LogP contribution < -0.4 is 0 Å². The van der Waals surface area contributed by atoms with Gasteiger partial charge in [0.25, 0.3) is 5.91 Å². The van der Waals surface area contributed by atoms with Gasteiger partial charge in [0, 0.05) is 37.4 Å². The van der Waals surface area contributed by atoms with Gasteiger partial charge in [-0.05, 0) is 30.5 Å². The Morgan fingerprint density at radius 3 is 2.69 bits per heavy atom. The first-order valence-corrected chi connectivity index (χ1v) is 10.5. The van der Waals surface area contributed by atoms with Crippen molar-refractivity contribution in [3.63, 3.8) is 0 Å². The van der Waals surface area contributed by atoms with E-state index < -0.39 is 21.2 Å². The number of aliphatic carboxylic acids is 1. The van der Waals surface area contributed by atoms with Crippen LogP contribution in [0, 0.1) is 11.3 Å². The second-order valence-electron chi connectivity index (χ2n) is 7.12. The van der Waals surface area contributed by atoms with E-state index in [9.17, 15) is 23.1 Å². The molecule has 142 valence electrons. The zero-order valence-electron chi connectivity index (χ0n) is 14.9. The molecule has 0 spiro atoms. The van der Waals surface area contributed by atoms with Crippen molar-refractivity contribution in [3.8, 4) is 0 Å². The maximum absolute atomic E-state index is 12.9. The summed E-state index contributed by atoms with van der Waals surface area (Å²) in [4.78, 5) is 26.5. The highest BCUT2D eigenvalue weighted by atomic mass is 32.2. The molecule has 8 heteroatoms. The first-order chi connectivity index (χ1) is 12.2. The molecule has 2 aliphatic rings. The molecule has 7 nitrogen and oxygen atoms in total. The average molecular weight is 381 g/mol. The molecule has 1 aromatic rings.